The van der Waals surface area contributed by atoms with E-state index in [0.29, 0.717) is 5.95 Å². The molecular formula is C17H24FN7O. The average Bonchev–Trinajstić information content (AvgIpc) is 3.04. The van der Waals surface area contributed by atoms with Crippen molar-refractivity contribution in [2.75, 3.05) is 44.3 Å². The highest BCUT2D eigenvalue weighted by atomic mass is 19.1. The normalized spacial score (nSPS) is 21.9. The Kier molecular flexibility index (Phi) is 5.07. The molecule has 2 saturated heterocycles. The zero-order valence-electron chi connectivity index (χ0n) is 15.0. The van der Waals surface area contributed by atoms with Crippen molar-refractivity contribution in [3.63, 3.8) is 0 Å². The van der Waals surface area contributed by atoms with Crippen molar-refractivity contribution in [1.82, 2.24) is 29.6 Å². The van der Waals surface area contributed by atoms with Gasteiger partial charge in [0.05, 0.1) is 32.2 Å². The summed E-state index contributed by atoms with van der Waals surface area (Å²) < 4.78 is 20.6. The molecule has 1 unspecified atom stereocenters. The molecule has 8 nitrogen and oxygen atoms in total. The monoisotopic (exact) mass is 361 g/mol. The third kappa shape index (κ3) is 3.68. The maximum absolute atomic E-state index is 13.1. The van der Waals surface area contributed by atoms with Crippen molar-refractivity contribution in [3.05, 3.63) is 29.9 Å². The minimum absolute atomic E-state index is 0.272. The molecule has 0 radical (unpaired) electrons. The second-order valence-corrected chi connectivity index (χ2v) is 6.91. The smallest absolute Gasteiger partial charge is 0.225 e. The number of rotatable bonds is 4. The first-order chi connectivity index (χ1) is 12.7. The van der Waals surface area contributed by atoms with E-state index >= 15 is 0 Å². The molecule has 1 atom stereocenters. The van der Waals surface area contributed by atoms with E-state index in [0.717, 1.165) is 70.4 Å². The van der Waals surface area contributed by atoms with Crippen molar-refractivity contribution in [2.24, 2.45) is 7.05 Å². The first-order valence-corrected chi connectivity index (χ1v) is 9.11. The number of hydrogen-bond donors (Lipinski definition) is 0. The number of halogens is 1. The van der Waals surface area contributed by atoms with Gasteiger partial charge in [-0.3, -0.25) is 4.90 Å². The fourth-order valence-electron chi connectivity index (χ4n) is 3.67. The molecule has 0 N–H and O–H groups in total. The van der Waals surface area contributed by atoms with E-state index in [9.17, 15) is 4.39 Å². The molecule has 26 heavy (non-hydrogen) atoms. The van der Waals surface area contributed by atoms with Crippen LogP contribution in [0.5, 0.6) is 0 Å². The number of morpholine rings is 1. The standard InChI is InChI=1S/C17H24FN7O/c1-23-15(12-24-5-7-26-8-6-24)21-22-16(23)13-3-2-4-25(11-13)17-19-9-14(18)10-20-17/h9-10,13H,2-8,11-12H2,1H3. The summed E-state index contributed by atoms with van der Waals surface area (Å²) in [7, 11) is 2.04. The zero-order chi connectivity index (χ0) is 17.9. The number of hydrogen-bond acceptors (Lipinski definition) is 7. The van der Waals surface area contributed by atoms with Crippen molar-refractivity contribution in [2.45, 2.75) is 25.3 Å². The van der Waals surface area contributed by atoms with Crippen molar-refractivity contribution >= 4 is 5.95 Å². The predicted molar refractivity (Wildman–Crippen MR) is 93.3 cm³/mol. The maximum Gasteiger partial charge on any atom is 0.225 e. The SMILES string of the molecule is Cn1c(CN2CCOCC2)nnc1C1CCCN(c2ncc(F)cn2)C1. The molecule has 2 aromatic heterocycles. The molecule has 4 rings (SSSR count). The lowest BCUT2D eigenvalue weighted by Gasteiger charge is -2.32. The van der Waals surface area contributed by atoms with Gasteiger partial charge in [0.1, 0.15) is 11.6 Å². The molecular weight excluding hydrogens is 337 g/mol. The molecule has 2 aliphatic rings. The van der Waals surface area contributed by atoms with E-state index in [1.165, 1.54) is 12.4 Å². The van der Waals surface area contributed by atoms with Crippen molar-refractivity contribution < 1.29 is 9.13 Å². The van der Waals surface area contributed by atoms with Gasteiger partial charge in [-0.1, -0.05) is 0 Å². The topological polar surface area (TPSA) is 72.2 Å². The molecule has 2 aliphatic heterocycles. The van der Waals surface area contributed by atoms with Gasteiger partial charge in [0.2, 0.25) is 5.95 Å². The third-order valence-corrected chi connectivity index (χ3v) is 5.14. The van der Waals surface area contributed by atoms with Crippen molar-refractivity contribution in [3.8, 4) is 0 Å². The zero-order valence-corrected chi connectivity index (χ0v) is 15.0. The van der Waals surface area contributed by atoms with Crippen LogP contribution in [0, 0.1) is 5.82 Å². The van der Waals surface area contributed by atoms with Gasteiger partial charge in [-0.2, -0.15) is 0 Å². The van der Waals surface area contributed by atoms with Crippen LogP contribution in [0.2, 0.25) is 0 Å². The van der Waals surface area contributed by atoms with E-state index in [4.69, 9.17) is 4.74 Å². The highest BCUT2D eigenvalue weighted by molar-refractivity contribution is 5.31. The molecule has 140 valence electrons. The van der Waals surface area contributed by atoms with Gasteiger partial charge in [0, 0.05) is 39.1 Å². The van der Waals surface area contributed by atoms with Gasteiger partial charge >= 0.3 is 0 Å². The highest BCUT2D eigenvalue weighted by Crippen LogP contribution is 2.27. The minimum atomic E-state index is -0.414. The summed E-state index contributed by atoms with van der Waals surface area (Å²) in [5.41, 5.74) is 0. The number of ether oxygens (including phenoxy) is 1. The fraction of sp³-hybridized carbons (Fsp3) is 0.647. The summed E-state index contributed by atoms with van der Waals surface area (Å²) >= 11 is 0. The van der Waals surface area contributed by atoms with E-state index in [1.807, 2.05) is 7.05 Å². The summed E-state index contributed by atoms with van der Waals surface area (Å²) in [6, 6.07) is 0. The molecule has 4 heterocycles. The molecule has 0 amide bonds. The van der Waals surface area contributed by atoms with Gasteiger partial charge in [0.25, 0.3) is 0 Å². The van der Waals surface area contributed by atoms with Gasteiger partial charge in [0.15, 0.2) is 5.82 Å². The van der Waals surface area contributed by atoms with Gasteiger partial charge < -0.3 is 14.2 Å². The minimum Gasteiger partial charge on any atom is -0.379 e. The van der Waals surface area contributed by atoms with Crippen molar-refractivity contribution in [1.29, 1.82) is 0 Å². The Morgan fingerprint density at radius 3 is 2.69 bits per heavy atom. The van der Waals surface area contributed by atoms with E-state index in [-0.39, 0.29) is 5.92 Å². The highest BCUT2D eigenvalue weighted by Gasteiger charge is 2.27. The van der Waals surface area contributed by atoms with E-state index in [1.54, 1.807) is 0 Å². The Labute approximate surface area is 152 Å². The van der Waals surface area contributed by atoms with Crippen LogP contribution in [0.4, 0.5) is 10.3 Å². The lowest BCUT2D eigenvalue weighted by molar-refractivity contribution is 0.0326. The predicted octanol–water partition coefficient (Wildman–Crippen LogP) is 0.960. The largest absolute Gasteiger partial charge is 0.379 e. The summed E-state index contributed by atoms with van der Waals surface area (Å²) in [5, 5.41) is 8.90. The van der Waals surface area contributed by atoms with Crippen LogP contribution in [-0.2, 0) is 18.3 Å². The Bertz CT molecular complexity index is 729. The Morgan fingerprint density at radius 2 is 1.92 bits per heavy atom. The number of anilines is 1. The Hall–Kier alpha value is -2.13. The molecule has 2 aromatic rings. The molecule has 0 spiro atoms. The third-order valence-electron chi connectivity index (χ3n) is 5.14. The molecule has 0 aliphatic carbocycles. The molecule has 0 bridgehead atoms. The second kappa shape index (κ2) is 7.63. The second-order valence-electron chi connectivity index (χ2n) is 6.91. The maximum atomic E-state index is 13.1. The van der Waals surface area contributed by atoms with Gasteiger partial charge in [-0.25, -0.2) is 14.4 Å². The van der Waals surface area contributed by atoms with Crippen LogP contribution in [0.3, 0.4) is 0 Å². The lowest BCUT2D eigenvalue weighted by atomic mass is 9.97. The van der Waals surface area contributed by atoms with Gasteiger partial charge in [-0.15, -0.1) is 10.2 Å². The van der Waals surface area contributed by atoms with Crippen LogP contribution in [0.1, 0.15) is 30.4 Å². The fourth-order valence-corrected chi connectivity index (χ4v) is 3.67. The van der Waals surface area contributed by atoms with Crippen LogP contribution < -0.4 is 4.90 Å². The van der Waals surface area contributed by atoms with E-state index in [2.05, 4.69) is 34.5 Å². The Balaban J connectivity index is 1.45. The molecule has 2 fully saturated rings. The Morgan fingerprint density at radius 1 is 1.15 bits per heavy atom. The lowest BCUT2D eigenvalue weighted by Crippen LogP contribution is -2.37. The number of piperidine rings is 1. The first kappa shape index (κ1) is 17.3. The summed E-state index contributed by atoms with van der Waals surface area (Å²) in [6.45, 7) is 5.86. The van der Waals surface area contributed by atoms with Crippen LogP contribution in [0.25, 0.3) is 0 Å². The molecule has 0 saturated carbocycles. The van der Waals surface area contributed by atoms with Crippen LogP contribution >= 0.6 is 0 Å². The molecule has 0 aromatic carbocycles. The van der Waals surface area contributed by atoms with Gasteiger partial charge in [-0.05, 0) is 12.8 Å². The summed E-state index contributed by atoms with van der Waals surface area (Å²) in [6.07, 6.45) is 4.52. The van der Waals surface area contributed by atoms with Crippen LogP contribution in [0.15, 0.2) is 12.4 Å². The number of aromatic nitrogens is 5. The molecule has 9 heteroatoms. The summed E-state index contributed by atoms with van der Waals surface area (Å²) in [5.74, 6) is 2.42. The van der Waals surface area contributed by atoms with E-state index < -0.39 is 5.82 Å². The number of nitrogens with zero attached hydrogens (tertiary/aromatic N) is 7. The van der Waals surface area contributed by atoms with Crippen LogP contribution in [-0.4, -0.2) is 69.0 Å². The quantitative estimate of drug-likeness (QED) is 0.803. The average molecular weight is 361 g/mol. The first-order valence-electron chi connectivity index (χ1n) is 9.11. The summed E-state index contributed by atoms with van der Waals surface area (Å²) in [4.78, 5) is 12.7.